The molecule has 2 heterocycles. The first kappa shape index (κ1) is 30.0. The lowest BCUT2D eigenvalue weighted by atomic mass is 10.1. The molecule has 0 radical (unpaired) electrons. The number of piperazine rings is 1. The molecular formula is C32H36ClN5O3S. The fourth-order valence-electron chi connectivity index (χ4n) is 5.47. The summed E-state index contributed by atoms with van der Waals surface area (Å²) in [5.74, 6) is 0.157. The SMILES string of the molecule is COc1cccc(N2C(=O)[C@@H](CC(=O)Nc3ccc(Cl)cc3)N(CCCN3CCN(Cc4ccccc4)CC3)C2=S)c1. The van der Waals surface area contributed by atoms with E-state index < -0.39 is 6.04 Å². The number of nitrogens with one attached hydrogen (secondary N) is 1. The molecule has 1 atom stereocenters. The molecule has 0 aromatic heterocycles. The smallest absolute Gasteiger partial charge is 0.256 e. The highest BCUT2D eigenvalue weighted by molar-refractivity contribution is 7.80. The lowest BCUT2D eigenvalue weighted by Crippen LogP contribution is -2.47. The fourth-order valence-corrected chi connectivity index (χ4v) is 6.01. The van der Waals surface area contributed by atoms with Crippen molar-refractivity contribution in [3.63, 3.8) is 0 Å². The van der Waals surface area contributed by atoms with Gasteiger partial charge in [-0.25, -0.2) is 0 Å². The Labute approximate surface area is 257 Å². The molecule has 3 aromatic rings. The van der Waals surface area contributed by atoms with Gasteiger partial charge in [-0.05, 0) is 67.1 Å². The van der Waals surface area contributed by atoms with E-state index in [1.54, 1.807) is 37.4 Å². The molecule has 5 rings (SSSR count). The maximum Gasteiger partial charge on any atom is 0.256 e. The summed E-state index contributed by atoms with van der Waals surface area (Å²) in [6.07, 6.45) is 0.813. The summed E-state index contributed by atoms with van der Waals surface area (Å²) >= 11 is 11.8. The van der Waals surface area contributed by atoms with Gasteiger partial charge in [0.2, 0.25) is 5.91 Å². The topological polar surface area (TPSA) is 68.4 Å². The van der Waals surface area contributed by atoms with Gasteiger partial charge in [0.25, 0.3) is 5.91 Å². The molecule has 3 aromatic carbocycles. The van der Waals surface area contributed by atoms with Gasteiger partial charge in [0, 0.05) is 56.0 Å². The monoisotopic (exact) mass is 605 g/mol. The van der Waals surface area contributed by atoms with E-state index in [0.717, 1.165) is 45.7 Å². The van der Waals surface area contributed by atoms with E-state index in [1.807, 2.05) is 29.2 Å². The predicted octanol–water partition coefficient (Wildman–Crippen LogP) is 4.89. The van der Waals surface area contributed by atoms with Crippen molar-refractivity contribution in [1.29, 1.82) is 0 Å². The highest BCUT2D eigenvalue weighted by Crippen LogP contribution is 2.30. The van der Waals surface area contributed by atoms with Gasteiger partial charge in [-0.2, -0.15) is 0 Å². The van der Waals surface area contributed by atoms with Crippen molar-refractivity contribution in [2.45, 2.75) is 25.4 Å². The van der Waals surface area contributed by atoms with Crippen LogP contribution in [0, 0.1) is 0 Å². The van der Waals surface area contributed by atoms with Gasteiger partial charge in [0.15, 0.2) is 5.11 Å². The van der Waals surface area contributed by atoms with Crippen LogP contribution in [0.5, 0.6) is 5.75 Å². The molecule has 42 heavy (non-hydrogen) atoms. The summed E-state index contributed by atoms with van der Waals surface area (Å²) in [4.78, 5) is 35.2. The molecule has 8 nitrogen and oxygen atoms in total. The molecule has 2 aliphatic heterocycles. The van der Waals surface area contributed by atoms with Crippen LogP contribution in [0.2, 0.25) is 5.02 Å². The van der Waals surface area contributed by atoms with Gasteiger partial charge < -0.3 is 19.9 Å². The summed E-state index contributed by atoms with van der Waals surface area (Å²) in [7, 11) is 1.58. The number of rotatable bonds is 11. The molecule has 0 unspecified atom stereocenters. The molecule has 0 aliphatic carbocycles. The second-order valence-corrected chi connectivity index (χ2v) is 11.4. The standard InChI is InChI=1S/C32H36ClN5O3S/c1-41-28-10-5-9-27(21-28)38-31(40)29(22-30(39)34-26-13-11-25(33)12-14-26)37(32(38)42)16-6-15-35-17-19-36(20-18-35)23-24-7-3-2-4-8-24/h2-5,7-14,21,29H,6,15-20,22-23H2,1H3,(H,34,39)/t29-/m1/s1. The Morgan fingerprint density at radius 1 is 0.952 bits per heavy atom. The van der Waals surface area contributed by atoms with Gasteiger partial charge >= 0.3 is 0 Å². The predicted molar refractivity (Wildman–Crippen MR) is 171 cm³/mol. The van der Waals surface area contributed by atoms with Crippen LogP contribution in [0.15, 0.2) is 78.9 Å². The maximum atomic E-state index is 13.8. The van der Waals surface area contributed by atoms with E-state index in [2.05, 4.69) is 39.4 Å². The van der Waals surface area contributed by atoms with Crippen molar-refractivity contribution in [2.75, 3.05) is 56.6 Å². The number of carbonyl (C=O) groups is 2. The summed E-state index contributed by atoms with van der Waals surface area (Å²) < 4.78 is 5.37. The van der Waals surface area contributed by atoms with Crippen LogP contribution in [0.25, 0.3) is 0 Å². The second-order valence-electron chi connectivity index (χ2n) is 10.6. The number of amides is 2. The van der Waals surface area contributed by atoms with Crippen molar-refractivity contribution >= 4 is 52.1 Å². The Morgan fingerprint density at radius 3 is 2.38 bits per heavy atom. The van der Waals surface area contributed by atoms with E-state index in [4.69, 9.17) is 28.6 Å². The van der Waals surface area contributed by atoms with Crippen molar-refractivity contribution in [1.82, 2.24) is 14.7 Å². The van der Waals surface area contributed by atoms with E-state index >= 15 is 0 Å². The first-order chi connectivity index (χ1) is 20.4. The number of hydrogen-bond acceptors (Lipinski definition) is 6. The largest absolute Gasteiger partial charge is 0.497 e. The summed E-state index contributed by atoms with van der Waals surface area (Å²) in [6, 6.07) is 24.0. The van der Waals surface area contributed by atoms with Gasteiger partial charge in [0.05, 0.1) is 19.2 Å². The first-order valence-corrected chi connectivity index (χ1v) is 15.0. The molecular weight excluding hydrogens is 570 g/mol. The molecule has 0 bridgehead atoms. The van der Waals surface area contributed by atoms with Crippen LogP contribution in [0.4, 0.5) is 11.4 Å². The molecule has 1 N–H and O–H groups in total. The highest BCUT2D eigenvalue weighted by atomic mass is 35.5. The minimum atomic E-state index is -0.696. The Kier molecular flexibility index (Phi) is 10.1. The zero-order valence-corrected chi connectivity index (χ0v) is 25.3. The number of hydrogen-bond donors (Lipinski definition) is 1. The lowest BCUT2D eigenvalue weighted by Gasteiger charge is -2.35. The van der Waals surface area contributed by atoms with Gasteiger partial charge in [-0.1, -0.05) is 48.0 Å². The maximum absolute atomic E-state index is 13.8. The molecule has 0 spiro atoms. The Hall–Kier alpha value is -3.50. The molecule has 2 saturated heterocycles. The van der Waals surface area contributed by atoms with Crippen molar-refractivity contribution in [2.24, 2.45) is 0 Å². The molecule has 10 heteroatoms. The molecule has 220 valence electrons. The van der Waals surface area contributed by atoms with Crippen molar-refractivity contribution in [3.8, 4) is 5.75 Å². The van der Waals surface area contributed by atoms with Gasteiger partial charge in [-0.3, -0.25) is 19.4 Å². The van der Waals surface area contributed by atoms with Crippen LogP contribution in [-0.2, 0) is 16.1 Å². The number of methoxy groups -OCH3 is 1. The van der Waals surface area contributed by atoms with Crippen LogP contribution in [-0.4, -0.2) is 84.0 Å². The number of nitrogens with zero attached hydrogens (tertiary/aromatic N) is 4. The van der Waals surface area contributed by atoms with E-state index in [-0.39, 0.29) is 18.2 Å². The average molecular weight is 606 g/mol. The molecule has 0 saturated carbocycles. The Morgan fingerprint density at radius 2 is 1.67 bits per heavy atom. The van der Waals surface area contributed by atoms with Crippen LogP contribution < -0.4 is 15.0 Å². The lowest BCUT2D eigenvalue weighted by molar-refractivity contribution is -0.124. The minimum Gasteiger partial charge on any atom is -0.497 e. The summed E-state index contributed by atoms with van der Waals surface area (Å²) in [5, 5.41) is 3.88. The number of benzene rings is 3. The zero-order chi connectivity index (χ0) is 29.5. The Balaban J connectivity index is 1.21. The zero-order valence-electron chi connectivity index (χ0n) is 23.7. The number of carbonyl (C=O) groups excluding carboxylic acids is 2. The normalized spacial score (nSPS) is 18.0. The first-order valence-electron chi connectivity index (χ1n) is 14.2. The number of halogens is 1. The molecule has 2 aliphatic rings. The van der Waals surface area contributed by atoms with Gasteiger partial charge in [0.1, 0.15) is 11.8 Å². The van der Waals surface area contributed by atoms with E-state index in [9.17, 15) is 9.59 Å². The van der Waals surface area contributed by atoms with E-state index in [0.29, 0.717) is 33.8 Å². The average Bonchev–Trinajstić information content (AvgIpc) is 3.23. The number of thiocarbonyl (C=S) groups is 1. The minimum absolute atomic E-state index is 0.0137. The fraction of sp³-hybridized carbons (Fsp3) is 0.344. The molecule has 2 fully saturated rings. The Bertz CT molecular complexity index is 1380. The summed E-state index contributed by atoms with van der Waals surface area (Å²) in [6.45, 7) is 6.49. The quantitative estimate of drug-likeness (QED) is 0.312. The highest BCUT2D eigenvalue weighted by Gasteiger charge is 2.44. The van der Waals surface area contributed by atoms with E-state index in [1.165, 1.54) is 10.5 Å². The van der Waals surface area contributed by atoms with Gasteiger partial charge in [-0.15, -0.1) is 0 Å². The number of anilines is 2. The third-order valence-corrected chi connectivity index (χ3v) is 8.39. The summed E-state index contributed by atoms with van der Waals surface area (Å²) in [5.41, 5.74) is 2.59. The van der Waals surface area contributed by atoms with Crippen LogP contribution in [0.1, 0.15) is 18.4 Å². The number of ether oxygens (including phenoxy) is 1. The third-order valence-electron chi connectivity index (χ3n) is 7.72. The molecule has 2 amide bonds. The van der Waals surface area contributed by atoms with Crippen LogP contribution >= 0.6 is 23.8 Å². The van der Waals surface area contributed by atoms with Crippen molar-refractivity contribution in [3.05, 3.63) is 89.4 Å². The second kappa shape index (κ2) is 14.1. The van der Waals surface area contributed by atoms with Crippen molar-refractivity contribution < 1.29 is 14.3 Å². The van der Waals surface area contributed by atoms with Crippen LogP contribution in [0.3, 0.4) is 0 Å². The third kappa shape index (κ3) is 7.46.